The molecule has 0 aliphatic carbocycles. The van der Waals surface area contributed by atoms with Gasteiger partial charge in [-0.3, -0.25) is 11.3 Å². The maximum Gasteiger partial charge on any atom is 0.387 e. The zero-order valence-corrected chi connectivity index (χ0v) is 10.4. The number of hydrazine groups is 1. The Morgan fingerprint density at radius 2 is 2.06 bits per heavy atom. The molecule has 3 N–H and O–H groups in total. The van der Waals surface area contributed by atoms with Crippen molar-refractivity contribution < 1.29 is 18.3 Å². The second kappa shape index (κ2) is 7.25. The van der Waals surface area contributed by atoms with E-state index in [2.05, 4.69) is 10.2 Å². The molecule has 18 heavy (non-hydrogen) atoms. The van der Waals surface area contributed by atoms with E-state index in [-0.39, 0.29) is 17.9 Å². The van der Waals surface area contributed by atoms with Crippen LogP contribution in [0.15, 0.2) is 24.3 Å². The second-order valence-electron chi connectivity index (χ2n) is 4.05. The molecule has 0 saturated carbocycles. The van der Waals surface area contributed by atoms with E-state index in [0.29, 0.717) is 6.61 Å². The lowest BCUT2D eigenvalue weighted by molar-refractivity contribution is -0.0499. The van der Waals surface area contributed by atoms with E-state index in [1.807, 2.05) is 13.8 Å². The monoisotopic (exact) mass is 260 g/mol. The van der Waals surface area contributed by atoms with Gasteiger partial charge in [0.15, 0.2) is 0 Å². The smallest absolute Gasteiger partial charge is 0.387 e. The van der Waals surface area contributed by atoms with Gasteiger partial charge in [-0.15, -0.1) is 0 Å². The summed E-state index contributed by atoms with van der Waals surface area (Å²) >= 11 is 0. The zero-order chi connectivity index (χ0) is 13.5. The van der Waals surface area contributed by atoms with Gasteiger partial charge in [0.05, 0.1) is 18.8 Å². The zero-order valence-electron chi connectivity index (χ0n) is 10.4. The third-order valence-corrected chi connectivity index (χ3v) is 2.28. The van der Waals surface area contributed by atoms with Crippen molar-refractivity contribution in [2.45, 2.75) is 32.6 Å². The molecule has 4 nitrogen and oxygen atoms in total. The van der Waals surface area contributed by atoms with Crippen LogP contribution in [0.4, 0.5) is 8.78 Å². The van der Waals surface area contributed by atoms with Gasteiger partial charge in [-0.1, -0.05) is 12.1 Å². The fraction of sp³-hybridized carbons (Fsp3) is 0.500. The molecular weight excluding hydrogens is 242 g/mol. The van der Waals surface area contributed by atoms with Crippen molar-refractivity contribution >= 4 is 0 Å². The Balaban J connectivity index is 2.72. The number of hydrogen-bond donors (Lipinski definition) is 2. The van der Waals surface area contributed by atoms with Gasteiger partial charge in [0.1, 0.15) is 5.75 Å². The van der Waals surface area contributed by atoms with Crippen LogP contribution in [0.1, 0.15) is 25.5 Å². The highest BCUT2D eigenvalue weighted by Crippen LogP contribution is 2.21. The Morgan fingerprint density at radius 1 is 1.33 bits per heavy atom. The van der Waals surface area contributed by atoms with Crippen molar-refractivity contribution in [3.05, 3.63) is 29.8 Å². The van der Waals surface area contributed by atoms with E-state index >= 15 is 0 Å². The molecule has 1 aromatic rings. The SMILES string of the molecule is CC(C)OCC(NN)c1cccc(OC(F)F)c1. The third-order valence-electron chi connectivity index (χ3n) is 2.28. The van der Waals surface area contributed by atoms with E-state index in [0.717, 1.165) is 5.56 Å². The molecule has 0 saturated heterocycles. The normalized spacial score (nSPS) is 13.1. The van der Waals surface area contributed by atoms with E-state index in [1.165, 1.54) is 12.1 Å². The lowest BCUT2D eigenvalue weighted by atomic mass is 10.1. The number of nitrogens with one attached hydrogen (secondary N) is 1. The summed E-state index contributed by atoms with van der Waals surface area (Å²) < 4.78 is 34.0. The van der Waals surface area contributed by atoms with Crippen LogP contribution in [0, 0.1) is 0 Å². The molecule has 0 aliphatic rings. The van der Waals surface area contributed by atoms with Crippen molar-refractivity contribution in [3.8, 4) is 5.75 Å². The number of ether oxygens (including phenoxy) is 2. The summed E-state index contributed by atoms with van der Waals surface area (Å²) in [5.41, 5.74) is 3.32. The summed E-state index contributed by atoms with van der Waals surface area (Å²) in [5, 5.41) is 0. The van der Waals surface area contributed by atoms with Crippen LogP contribution in [0.3, 0.4) is 0 Å². The Morgan fingerprint density at radius 3 is 2.61 bits per heavy atom. The summed E-state index contributed by atoms with van der Waals surface area (Å²) in [6, 6.07) is 6.11. The van der Waals surface area contributed by atoms with Gasteiger partial charge in [0, 0.05) is 0 Å². The molecule has 1 rings (SSSR count). The van der Waals surface area contributed by atoms with Crippen molar-refractivity contribution in [1.29, 1.82) is 0 Å². The summed E-state index contributed by atoms with van der Waals surface area (Å²) in [7, 11) is 0. The number of alkyl halides is 2. The van der Waals surface area contributed by atoms with Gasteiger partial charge in [-0.2, -0.15) is 8.78 Å². The highest BCUT2D eigenvalue weighted by Gasteiger charge is 2.12. The summed E-state index contributed by atoms with van der Waals surface area (Å²) in [6.07, 6.45) is 0.0707. The highest BCUT2D eigenvalue weighted by atomic mass is 19.3. The van der Waals surface area contributed by atoms with Crippen LogP contribution in [-0.2, 0) is 4.74 Å². The Hall–Kier alpha value is -1.24. The number of hydrogen-bond acceptors (Lipinski definition) is 4. The van der Waals surface area contributed by atoms with Gasteiger partial charge in [0.2, 0.25) is 0 Å². The van der Waals surface area contributed by atoms with E-state index in [1.54, 1.807) is 12.1 Å². The first-order valence-electron chi connectivity index (χ1n) is 5.65. The Bertz CT molecular complexity index is 362. The Labute approximate surface area is 105 Å². The van der Waals surface area contributed by atoms with E-state index in [9.17, 15) is 8.78 Å². The maximum absolute atomic E-state index is 12.1. The van der Waals surface area contributed by atoms with Crippen molar-refractivity contribution in [3.63, 3.8) is 0 Å². The first-order chi connectivity index (χ1) is 8.52. The lowest BCUT2D eigenvalue weighted by Gasteiger charge is -2.18. The molecule has 0 heterocycles. The van der Waals surface area contributed by atoms with Crippen molar-refractivity contribution in [1.82, 2.24) is 5.43 Å². The molecule has 0 amide bonds. The minimum Gasteiger partial charge on any atom is -0.435 e. The molecule has 1 unspecified atom stereocenters. The number of halogens is 2. The van der Waals surface area contributed by atoms with Gasteiger partial charge >= 0.3 is 6.61 Å². The second-order valence-corrected chi connectivity index (χ2v) is 4.05. The molecule has 0 radical (unpaired) electrons. The van der Waals surface area contributed by atoms with Crippen LogP contribution in [0.2, 0.25) is 0 Å². The molecule has 0 aliphatic heterocycles. The van der Waals surface area contributed by atoms with Gasteiger partial charge in [-0.05, 0) is 31.5 Å². The molecule has 0 aromatic heterocycles. The predicted molar refractivity (Wildman–Crippen MR) is 64.2 cm³/mol. The molecule has 0 spiro atoms. The van der Waals surface area contributed by atoms with Gasteiger partial charge in [-0.25, -0.2) is 0 Å². The van der Waals surface area contributed by atoms with Crippen molar-refractivity contribution in [2.24, 2.45) is 5.84 Å². The van der Waals surface area contributed by atoms with Crippen LogP contribution < -0.4 is 16.0 Å². The van der Waals surface area contributed by atoms with Gasteiger partial charge in [0.25, 0.3) is 0 Å². The first kappa shape index (κ1) is 14.8. The van der Waals surface area contributed by atoms with Crippen LogP contribution in [-0.4, -0.2) is 19.3 Å². The minimum absolute atomic E-state index is 0.0707. The summed E-state index contributed by atoms with van der Waals surface area (Å²) in [4.78, 5) is 0. The Kier molecular flexibility index (Phi) is 5.97. The predicted octanol–water partition coefficient (Wildman–Crippen LogP) is 2.22. The summed E-state index contributed by atoms with van der Waals surface area (Å²) in [5.74, 6) is 5.53. The van der Waals surface area contributed by atoms with E-state index < -0.39 is 6.61 Å². The molecular formula is C12H18F2N2O2. The highest BCUT2D eigenvalue weighted by molar-refractivity contribution is 5.30. The molecule has 1 atom stereocenters. The molecule has 0 fully saturated rings. The standard InChI is InChI=1S/C12H18F2N2O2/c1-8(2)17-7-11(16-15)9-4-3-5-10(6-9)18-12(13)14/h3-6,8,11-12,16H,7,15H2,1-2H3. The van der Waals surface area contributed by atoms with E-state index in [4.69, 9.17) is 10.6 Å². The molecule has 1 aromatic carbocycles. The van der Waals surface area contributed by atoms with Crippen LogP contribution >= 0.6 is 0 Å². The number of nitrogens with two attached hydrogens (primary N) is 1. The molecule has 6 heteroatoms. The summed E-state index contributed by atoms with van der Waals surface area (Å²) in [6.45, 7) is 1.33. The average Bonchev–Trinajstić information content (AvgIpc) is 2.29. The molecule has 0 bridgehead atoms. The van der Waals surface area contributed by atoms with Crippen LogP contribution in [0.5, 0.6) is 5.75 Å². The number of benzene rings is 1. The lowest BCUT2D eigenvalue weighted by Crippen LogP contribution is -2.32. The first-order valence-corrected chi connectivity index (χ1v) is 5.65. The quantitative estimate of drug-likeness (QED) is 0.583. The molecule has 102 valence electrons. The topological polar surface area (TPSA) is 56.5 Å². The fourth-order valence-electron chi connectivity index (χ4n) is 1.44. The largest absolute Gasteiger partial charge is 0.435 e. The van der Waals surface area contributed by atoms with Crippen LogP contribution in [0.25, 0.3) is 0 Å². The minimum atomic E-state index is -2.84. The fourth-order valence-corrected chi connectivity index (χ4v) is 1.44. The maximum atomic E-state index is 12.1. The van der Waals surface area contributed by atoms with Crippen molar-refractivity contribution in [2.75, 3.05) is 6.61 Å². The van der Waals surface area contributed by atoms with Gasteiger partial charge < -0.3 is 9.47 Å². The number of rotatable bonds is 7. The third kappa shape index (κ3) is 4.95. The average molecular weight is 260 g/mol.